The molecule has 1 aliphatic rings. The molecule has 1 amide bonds. The van der Waals surface area contributed by atoms with Gasteiger partial charge in [0.25, 0.3) is 0 Å². The molecule has 0 aliphatic carbocycles. The Morgan fingerprint density at radius 3 is 2.55 bits per heavy atom. The molecule has 1 aromatic rings. The van der Waals surface area contributed by atoms with Crippen LogP contribution in [0.2, 0.25) is 5.02 Å². The van der Waals surface area contributed by atoms with Crippen molar-refractivity contribution >= 4 is 17.5 Å². The molecule has 1 unspecified atom stereocenters. The summed E-state index contributed by atoms with van der Waals surface area (Å²) in [4.78, 5) is 14.4. The zero-order valence-corrected chi connectivity index (χ0v) is 12.8. The third-order valence-electron chi connectivity index (χ3n) is 3.84. The van der Waals surface area contributed by atoms with Crippen LogP contribution in [0.15, 0.2) is 24.3 Å². The van der Waals surface area contributed by atoms with E-state index in [2.05, 4.69) is 5.32 Å². The number of nitrogens with zero attached hydrogens (tertiary/aromatic N) is 1. The molecule has 3 nitrogen and oxygen atoms in total. The van der Waals surface area contributed by atoms with Gasteiger partial charge in [-0.15, -0.1) is 0 Å². The van der Waals surface area contributed by atoms with Crippen molar-refractivity contribution in [2.45, 2.75) is 45.2 Å². The van der Waals surface area contributed by atoms with Crippen molar-refractivity contribution in [3.63, 3.8) is 0 Å². The topological polar surface area (TPSA) is 32.3 Å². The quantitative estimate of drug-likeness (QED) is 0.925. The van der Waals surface area contributed by atoms with Gasteiger partial charge in [-0.3, -0.25) is 4.79 Å². The second-order valence-corrected chi connectivity index (χ2v) is 5.84. The van der Waals surface area contributed by atoms with Crippen LogP contribution in [0.25, 0.3) is 0 Å². The lowest BCUT2D eigenvalue weighted by molar-refractivity contribution is -0.133. The Hall–Kier alpha value is -1.06. The first kappa shape index (κ1) is 15.3. The molecular weight excluding hydrogens is 272 g/mol. The van der Waals surface area contributed by atoms with Crippen molar-refractivity contribution in [3.8, 4) is 0 Å². The molecule has 1 fully saturated rings. The van der Waals surface area contributed by atoms with E-state index in [4.69, 9.17) is 11.6 Å². The van der Waals surface area contributed by atoms with Gasteiger partial charge >= 0.3 is 0 Å². The lowest BCUT2D eigenvalue weighted by atomic mass is 10.2. The maximum absolute atomic E-state index is 12.4. The summed E-state index contributed by atoms with van der Waals surface area (Å²) in [5.41, 5.74) is 1.03. The van der Waals surface area contributed by atoms with Gasteiger partial charge in [0.05, 0.1) is 6.04 Å². The van der Waals surface area contributed by atoms with Gasteiger partial charge in [0.2, 0.25) is 5.91 Å². The molecule has 1 heterocycles. The fourth-order valence-electron chi connectivity index (χ4n) is 2.56. The minimum absolute atomic E-state index is 0.163. The van der Waals surface area contributed by atoms with Gasteiger partial charge in [-0.05, 0) is 31.4 Å². The number of likely N-dealkylation sites (tertiary alicyclic amines) is 1. The molecule has 4 heteroatoms. The third kappa shape index (κ3) is 4.22. The minimum atomic E-state index is -0.163. The summed E-state index contributed by atoms with van der Waals surface area (Å²) in [6, 6.07) is 7.57. The molecule has 20 heavy (non-hydrogen) atoms. The molecular formula is C16H23ClN2O. The summed E-state index contributed by atoms with van der Waals surface area (Å²) in [6.45, 7) is 4.36. The smallest absolute Gasteiger partial charge is 0.239 e. The number of amides is 1. The average Bonchev–Trinajstić information content (AvgIpc) is 2.74. The molecule has 0 saturated carbocycles. The summed E-state index contributed by atoms with van der Waals surface area (Å²) < 4.78 is 0. The highest BCUT2D eigenvalue weighted by molar-refractivity contribution is 6.31. The normalized spacial score (nSPS) is 17.6. The van der Waals surface area contributed by atoms with Gasteiger partial charge in [0.15, 0.2) is 0 Å². The van der Waals surface area contributed by atoms with E-state index in [0.29, 0.717) is 6.54 Å². The van der Waals surface area contributed by atoms with Crippen LogP contribution < -0.4 is 5.32 Å². The predicted molar refractivity (Wildman–Crippen MR) is 82.8 cm³/mol. The zero-order valence-electron chi connectivity index (χ0n) is 12.1. The number of hydrogen-bond donors (Lipinski definition) is 1. The number of halogens is 1. The van der Waals surface area contributed by atoms with Gasteiger partial charge in [0, 0.05) is 24.7 Å². The van der Waals surface area contributed by atoms with Crippen LogP contribution in [0.5, 0.6) is 0 Å². The molecule has 1 aromatic carbocycles. The van der Waals surface area contributed by atoms with E-state index in [1.165, 1.54) is 12.8 Å². The first-order chi connectivity index (χ1) is 9.68. The maximum atomic E-state index is 12.4. The van der Waals surface area contributed by atoms with Crippen LogP contribution in [0.4, 0.5) is 0 Å². The third-order valence-corrected chi connectivity index (χ3v) is 4.21. The number of hydrogen-bond acceptors (Lipinski definition) is 2. The molecule has 1 aliphatic heterocycles. The Bertz CT molecular complexity index is 442. The lowest BCUT2D eigenvalue weighted by Gasteiger charge is -2.24. The van der Waals surface area contributed by atoms with Crippen molar-refractivity contribution in [2.24, 2.45) is 0 Å². The summed E-state index contributed by atoms with van der Waals surface area (Å²) in [5.74, 6) is 0.207. The van der Waals surface area contributed by atoms with Crippen LogP contribution in [-0.4, -0.2) is 29.9 Å². The summed E-state index contributed by atoms with van der Waals surface area (Å²) in [7, 11) is 0. The molecule has 1 atom stereocenters. The number of nitrogens with one attached hydrogen (secondary N) is 1. The van der Waals surface area contributed by atoms with Gasteiger partial charge < -0.3 is 10.2 Å². The fraction of sp³-hybridized carbons (Fsp3) is 0.562. The van der Waals surface area contributed by atoms with E-state index in [1.807, 2.05) is 36.1 Å². The Balaban J connectivity index is 1.86. The number of carbonyl (C=O) groups excluding carboxylic acids is 1. The standard InChI is InChI=1S/C16H23ClN2O/c1-13(16(20)19-10-6-2-3-7-11-19)18-12-14-8-4-5-9-15(14)17/h4-5,8-9,13,18H,2-3,6-7,10-12H2,1H3. The van der Waals surface area contributed by atoms with Gasteiger partial charge in [-0.25, -0.2) is 0 Å². The van der Waals surface area contributed by atoms with Crippen molar-refractivity contribution in [1.29, 1.82) is 0 Å². The van der Waals surface area contributed by atoms with Crippen LogP contribution in [0.1, 0.15) is 38.2 Å². The number of rotatable bonds is 4. The molecule has 1 N–H and O–H groups in total. The van der Waals surface area contributed by atoms with Crippen LogP contribution in [0, 0.1) is 0 Å². The highest BCUT2D eigenvalue weighted by Crippen LogP contribution is 2.15. The van der Waals surface area contributed by atoms with Gasteiger partial charge in [0.1, 0.15) is 0 Å². The highest BCUT2D eigenvalue weighted by Gasteiger charge is 2.20. The van der Waals surface area contributed by atoms with E-state index in [9.17, 15) is 4.79 Å². The molecule has 0 spiro atoms. The Morgan fingerprint density at radius 1 is 1.25 bits per heavy atom. The van der Waals surface area contributed by atoms with Crippen LogP contribution >= 0.6 is 11.6 Å². The van der Waals surface area contributed by atoms with Gasteiger partial charge in [-0.2, -0.15) is 0 Å². The Labute approximate surface area is 126 Å². The zero-order chi connectivity index (χ0) is 14.4. The highest BCUT2D eigenvalue weighted by atomic mass is 35.5. The SMILES string of the molecule is CC(NCc1ccccc1Cl)C(=O)N1CCCCCC1. The van der Waals surface area contributed by atoms with Gasteiger partial charge in [-0.1, -0.05) is 42.6 Å². The van der Waals surface area contributed by atoms with Crippen LogP contribution in [-0.2, 0) is 11.3 Å². The largest absolute Gasteiger partial charge is 0.341 e. The number of carbonyl (C=O) groups is 1. The van der Waals surface area contributed by atoms with Crippen molar-refractivity contribution in [1.82, 2.24) is 10.2 Å². The molecule has 110 valence electrons. The Morgan fingerprint density at radius 2 is 1.90 bits per heavy atom. The van der Waals surface area contributed by atoms with Crippen LogP contribution in [0.3, 0.4) is 0 Å². The van der Waals surface area contributed by atoms with E-state index in [1.54, 1.807) is 0 Å². The molecule has 1 saturated heterocycles. The Kier molecular flexibility index (Phi) is 5.86. The van der Waals surface area contributed by atoms with E-state index in [0.717, 1.165) is 36.5 Å². The predicted octanol–water partition coefficient (Wildman–Crippen LogP) is 3.22. The molecule has 0 radical (unpaired) electrons. The lowest BCUT2D eigenvalue weighted by Crippen LogP contribution is -2.45. The monoisotopic (exact) mass is 294 g/mol. The minimum Gasteiger partial charge on any atom is -0.341 e. The summed E-state index contributed by atoms with van der Waals surface area (Å²) >= 11 is 6.12. The molecule has 0 aromatic heterocycles. The first-order valence-electron chi connectivity index (χ1n) is 7.44. The average molecular weight is 295 g/mol. The second kappa shape index (κ2) is 7.65. The number of benzene rings is 1. The summed E-state index contributed by atoms with van der Waals surface area (Å²) in [5, 5.41) is 4.03. The molecule has 0 bridgehead atoms. The van der Waals surface area contributed by atoms with Crippen molar-refractivity contribution in [2.75, 3.05) is 13.1 Å². The van der Waals surface area contributed by atoms with E-state index in [-0.39, 0.29) is 11.9 Å². The first-order valence-corrected chi connectivity index (χ1v) is 7.82. The summed E-state index contributed by atoms with van der Waals surface area (Å²) in [6.07, 6.45) is 4.74. The van der Waals surface area contributed by atoms with E-state index >= 15 is 0 Å². The molecule has 2 rings (SSSR count). The van der Waals surface area contributed by atoms with Crippen molar-refractivity contribution < 1.29 is 4.79 Å². The second-order valence-electron chi connectivity index (χ2n) is 5.43. The fourth-order valence-corrected chi connectivity index (χ4v) is 2.76. The van der Waals surface area contributed by atoms with E-state index < -0.39 is 0 Å². The maximum Gasteiger partial charge on any atom is 0.239 e. The van der Waals surface area contributed by atoms with Crippen molar-refractivity contribution in [3.05, 3.63) is 34.9 Å².